The van der Waals surface area contributed by atoms with E-state index in [0.29, 0.717) is 29.4 Å². The Morgan fingerprint density at radius 3 is 1.90 bits per heavy atom. The van der Waals surface area contributed by atoms with Crippen molar-refractivity contribution in [2.45, 2.75) is 50.5 Å². The number of nitrogens with zero attached hydrogens (tertiary/aromatic N) is 7. The minimum Gasteiger partial charge on any atom is -0.481 e. The number of nitrogens with one attached hydrogen (secondary N) is 3. The number of fused-ring (bicyclic) bond motifs is 3. The van der Waals surface area contributed by atoms with Crippen LogP contribution in [0.5, 0.6) is 0 Å². The van der Waals surface area contributed by atoms with Crippen LogP contribution in [0.15, 0.2) is 145 Å². The molecule has 1 atom stereocenters. The first kappa shape index (κ1) is 45.7. The molecule has 0 spiro atoms. The molecule has 2 aliphatic carbocycles. The number of pyridine rings is 2. The number of Topliss-reactive ketones (excluding diaryl/α,β-unsaturated/α-hetero) is 1. The monoisotopic (exact) mass is 962 g/mol. The van der Waals surface area contributed by atoms with Crippen molar-refractivity contribution < 1.29 is 23.1 Å². The number of carboxylic acid groups (broad SMARTS) is 1. The van der Waals surface area contributed by atoms with Gasteiger partial charge in [0.1, 0.15) is 33.1 Å². The summed E-state index contributed by atoms with van der Waals surface area (Å²) in [6.45, 7) is 0. The smallest absolute Gasteiger partial charge is 0.307 e. The number of H-pyrrole nitrogens is 2. The molecule has 18 heteroatoms. The number of aromatic amines is 2. The van der Waals surface area contributed by atoms with Crippen molar-refractivity contribution in [2.24, 2.45) is 5.92 Å². The highest BCUT2D eigenvalue weighted by molar-refractivity contribution is 7.89. The standard InChI is InChI=1S/C22H19N3OS.C13H12N4S.C8H8O2.C7H7N3O2S/c26-19(11-14-5-2-1-3-6-14)20(15-8-9-15)22-25-18(13-27-22)17-12-24-21-16(17)7-4-10-23-21;1-2-9-10(6-15-12(9)14-5-1)11-7-18-13(17-11)16-8-3-4-8;9-8(10)6-7-4-2-1-3-5-7;1-13(11,12)10-7-5-3-2-4-6(7)8-9-10/h1-7,10,12-13,15,20H,8-9,11H2,(H,23,24);1-2,5-8H,3-4H2,(H,14,15)(H,16,17);1-5H,6H2,(H,9,10);2-5H,1H3. The Kier molecular flexibility index (Phi) is 13.9. The molecule has 12 rings (SSSR count). The maximum Gasteiger partial charge on any atom is 0.307 e. The van der Waals surface area contributed by atoms with E-state index in [0.717, 1.165) is 89.0 Å². The van der Waals surface area contributed by atoms with E-state index in [1.165, 1.54) is 12.8 Å². The van der Waals surface area contributed by atoms with E-state index in [4.69, 9.17) is 10.1 Å². The Balaban J connectivity index is 0.000000122. The van der Waals surface area contributed by atoms with E-state index in [1.54, 1.807) is 71.5 Å². The molecule has 2 aliphatic rings. The van der Waals surface area contributed by atoms with Crippen molar-refractivity contribution in [3.8, 4) is 22.5 Å². The highest BCUT2D eigenvalue weighted by Gasteiger charge is 2.39. The van der Waals surface area contributed by atoms with Crippen LogP contribution in [0.1, 0.15) is 47.7 Å². The van der Waals surface area contributed by atoms with Crippen molar-refractivity contribution in [3.05, 3.63) is 161 Å². The van der Waals surface area contributed by atoms with Gasteiger partial charge < -0.3 is 20.4 Å². The summed E-state index contributed by atoms with van der Waals surface area (Å²) >= 11 is 3.27. The maximum absolute atomic E-state index is 13.1. The average molecular weight is 963 g/mol. The van der Waals surface area contributed by atoms with Gasteiger partial charge in [-0.1, -0.05) is 78.0 Å². The molecule has 10 aromatic rings. The van der Waals surface area contributed by atoms with Gasteiger partial charge in [-0.25, -0.2) is 28.4 Å². The number of carbonyl (C=O) groups is 2. The molecule has 68 heavy (non-hydrogen) atoms. The molecule has 3 aromatic carbocycles. The fourth-order valence-corrected chi connectivity index (χ4v) is 10.1. The quantitative estimate of drug-likeness (QED) is 0.0901. The number of para-hydroxylation sites is 1. The molecule has 1 unspecified atom stereocenters. The average Bonchev–Trinajstić information content (AvgIpc) is 3.94. The fraction of sp³-hybridized carbons (Fsp3) is 0.200. The number of carboxylic acids is 1. The van der Waals surface area contributed by atoms with Crippen molar-refractivity contribution in [3.63, 3.8) is 0 Å². The van der Waals surface area contributed by atoms with E-state index >= 15 is 0 Å². The van der Waals surface area contributed by atoms with Gasteiger partial charge in [0.2, 0.25) is 0 Å². The zero-order valence-corrected chi connectivity index (χ0v) is 39.2. The second-order valence-electron chi connectivity index (χ2n) is 16.4. The Hall–Kier alpha value is -7.41. The third kappa shape index (κ3) is 11.4. The van der Waals surface area contributed by atoms with Crippen molar-refractivity contribution in [1.29, 1.82) is 0 Å². The Labute approximate surface area is 399 Å². The van der Waals surface area contributed by atoms with Crippen molar-refractivity contribution in [1.82, 2.24) is 44.3 Å². The van der Waals surface area contributed by atoms with E-state index in [2.05, 4.69) is 57.4 Å². The molecule has 4 N–H and O–H groups in total. The predicted molar refractivity (Wildman–Crippen MR) is 267 cm³/mol. The number of aliphatic carboxylic acids is 1. The molecular weight excluding hydrogens is 917 g/mol. The molecular formula is C50H46N10O5S3. The predicted octanol–water partition coefficient (Wildman–Crippen LogP) is 9.81. The largest absolute Gasteiger partial charge is 0.481 e. The zero-order chi connectivity index (χ0) is 47.0. The molecule has 0 radical (unpaired) electrons. The maximum atomic E-state index is 13.1. The lowest BCUT2D eigenvalue weighted by atomic mass is 9.94. The minimum atomic E-state index is -3.34. The van der Waals surface area contributed by atoms with Gasteiger partial charge in [0.05, 0.1) is 30.0 Å². The number of rotatable bonds is 12. The highest BCUT2D eigenvalue weighted by Crippen LogP contribution is 2.45. The van der Waals surface area contributed by atoms with Gasteiger partial charge in [-0.05, 0) is 79.1 Å². The summed E-state index contributed by atoms with van der Waals surface area (Å²) in [6.07, 6.45) is 14.0. The third-order valence-electron chi connectivity index (χ3n) is 11.1. The SMILES string of the molecule is CS(=O)(=O)n1nnc2ccccc21.O=C(Cc1ccccc1)C(c1nc(-c2c[nH]c3ncccc23)cs1)C1CC1.O=C(O)Cc1ccccc1.c1cnc2[nH]cc(-c3csc(NC4CC4)n3)c2c1. The van der Waals surface area contributed by atoms with Crippen LogP contribution >= 0.6 is 22.7 Å². The first-order chi connectivity index (χ1) is 33.1. The van der Waals surface area contributed by atoms with E-state index in [9.17, 15) is 18.0 Å². The fourth-order valence-electron chi connectivity index (χ4n) is 7.56. The third-order valence-corrected chi connectivity index (χ3v) is 13.7. The summed E-state index contributed by atoms with van der Waals surface area (Å²) in [5.41, 5.74) is 8.89. The summed E-state index contributed by atoms with van der Waals surface area (Å²) in [5, 5.41) is 27.4. The zero-order valence-electron chi connectivity index (χ0n) is 36.8. The van der Waals surface area contributed by atoms with Crippen LogP contribution in [0.3, 0.4) is 0 Å². The Morgan fingerprint density at radius 2 is 1.31 bits per heavy atom. The van der Waals surface area contributed by atoms with Gasteiger partial charge in [-0.2, -0.15) is 0 Å². The van der Waals surface area contributed by atoms with Crippen LogP contribution < -0.4 is 5.32 Å². The van der Waals surface area contributed by atoms with E-state index < -0.39 is 16.0 Å². The summed E-state index contributed by atoms with van der Waals surface area (Å²) < 4.78 is 23.3. The molecule has 2 fully saturated rings. The summed E-state index contributed by atoms with van der Waals surface area (Å²) in [5.74, 6) is -0.131. The molecule has 0 amide bonds. The molecule has 0 aliphatic heterocycles. The lowest BCUT2D eigenvalue weighted by Crippen LogP contribution is -2.17. The molecule has 344 valence electrons. The molecule has 7 aromatic heterocycles. The van der Waals surface area contributed by atoms with Gasteiger partial charge in [-0.15, -0.1) is 31.9 Å². The molecule has 7 heterocycles. The topological polar surface area (TPSA) is 214 Å². The number of carbonyl (C=O) groups excluding carboxylic acids is 1. The van der Waals surface area contributed by atoms with Crippen LogP contribution in [-0.4, -0.2) is 81.9 Å². The number of anilines is 1. The Bertz CT molecular complexity index is 3410. The van der Waals surface area contributed by atoms with Crippen molar-refractivity contribution in [2.75, 3.05) is 11.6 Å². The second kappa shape index (κ2) is 20.6. The molecule has 0 saturated heterocycles. The van der Waals surface area contributed by atoms with Gasteiger partial charge >= 0.3 is 5.97 Å². The number of ketones is 1. The second-order valence-corrected chi connectivity index (χ2v) is 20.0. The lowest BCUT2D eigenvalue weighted by molar-refractivity contribution is -0.136. The summed E-state index contributed by atoms with van der Waals surface area (Å²) in [6, 6.07) is 34.7. The normalized spacial score (nSPS) is 13.7. The molecule has 0 bridgehead atoms. The minimum absolute atomic E-state index is 0.0766. The van der Waals surface area contributed by atoms with E-state index in [1.807, 2.05) is 79.1 Å². The highest BCUT2D eigenvalue weighted by atomic mass is 32.2. The summed E-state index contributed by atoms with van der Waals surface area (Å²) in [4.78, 5) is 47.8. The number of hydrogen-bond acceptors (Lipinski definition) is 13. The summed E-state index contributed by atoms with van der Waals surface area (Å²) in [7, 11) is -3.34. The van der Waals surface area contributed by atoms with E-state index in [-0.39, 0.29) is 18.1 Å². The molecule has 2 saturated carbocycles. The number of benzene rings is 3. The number of aromatic nitrogens is 9. The van der Waals surface area contributed by atoms with Gasteiger partial charge in [0, 0.05) is 69.9 Å². The Morgan fingerprint density at radius 1 is 0.735 bits per heavy atom. The molecule has 15 nitrogen and oxygen atoms in total. The van der Waals surface area contributed by atoms with Crippen LogP contribution in [0, 0.1) is 5.92 Å². The van der Waals surface area contributed by atoms with Crippen LogP contribution in [0.4, 0.5) is 5.13 Å². The number of hydrogen-bond donors (Lipinski definition) is 4. The van der Waals surface area contributed by atoms with Crippen molar-refractivity contribution >= 4 is 82.7 Å². The van der Waals surface area contributed by atoms with Gasteiger partial charge in [-0.3, -0.25) is 9.59 Å². The van der Waals surface area contributed by atoms with Crippen LogP contribution in [0.25, 0.3) is 55.6 Å². The van der Waals surface area contributed by atoms with Crippen LogP contribution in [-0.2, 0) is 32.5 Å². The first-order valence-corrected chi connectivity index (χ1v) is 25.5. The first-order valence-electron chi connectivity index (χ1n) is 21.9. The van der Waals surface area contributed by atoms with Crippen LogP contribution in [0.2, 0.25) is 0 Å². The van der Waals surface area contributed by atoms with Gasteiger partial charge in [0.15, 0.2) is 5.13 Å². The number of thiazole rings is 2. The van der Waals surface area contributed by atoms with Gasteiger partial charge in [0.25, 0.3) is 10.0 Å². The lowest BCUT2D eigenvalue weighted by Gasteiger charge is -2.12.